The summed E-state index contributed by atoms with van der Waals surface area (Å²) in [7, 11) is 0. The summed E-state index contributed by atoms with van der Waals surface area (Å²) in [6, 6.07) is 8.58. The van der Waals surface area contributed by atoms with Crippen LogP contribution in [0.15, 0.2) is 24.3 Å². The van der Waals surface area contributed by atoms with E-state index in [1.165, 1.54) is 0 Å². The third-order valence-electron chi connectivity index (χ3n) is 4.48. The van der Waals surface area contributed by atoms with Crippen LogP contribution in [0.4, 0.5) is 0 Å². The monoisotopic (exact) mass is 288 g/mol. The summed E-state index contributed by atoms with van der Waals surface area (Å²) in [5.41, 5.74) is 1.95. The Bertz CT molecular complexity index is 496. The Balaban J connectivity index is 2.24. The molecule has 0 aliphatic carbocycles. The van der Waals surface area contributed by atoms with Gasteiger partial charge in [0.25, 0.3) is 5.91 Å². The summed E-state index contributed by atoms with van der Waals surface area (Å²) in [6.45, 7) is 12.5. The van der Waals surface area contributed by atoms with E-state index in [9.17, 15) is 4.79 Å². The zero-order valence-electron chi connectivity index (χ0n) is 13.9. The highest BCUT2D eigenvalue weighted by Crippen LogP contribution is 2.21. The van der Waals surface area contributed by atoms with Crippen LogP contribution in [0.1, 0.15) is 43.6 Å². The summed E-state index contributed by atoms with van der Waals surface area (Å²) in [5.74, 6) is 1.16. The van der Waals surface area contributed by atoms with Gasteiger partial charge in [-0.1, -0.05) is 45.4 Å². The largest absolute Gasteiger partial charge is 0.333 e. The summed E-state index contributed by atoms with van der Waals surface area (Å²) < 4.78 is 0. The molecule has 1 heterocycles. The maximum Gasteiger partial charge on any atom is 0.254 e. The molecule has 1 aromatic carbocycles. The van der Waals surface area contributed by atoms with Gasteiger partial charge in [0.1, 0.15) is 0 Å². The number of aryl methyl sites for hydroxylation is 1. The number of amides is 1. The first-order chi connectivity index (χ1) is 9.90. The smallest absolute Gasteiger partial charge is 0.254 e. The number of nitrogens with one attached hydrogen (secondary N) is 1. The van der Waals surface area contributed by atoms with Crippen molar-refractivity contribution in [3.05, 3.63) is 35.4 Å². The SMILES string of the molecule is Cc1cccc(C(=O)N2CC(C(C)C)NCC2C(C)C)c1. The number of carbonyl (C=O) groups is 1. The van der Waals surface area contributed by atoms with Crippen molar-refractivity contribution >= 4 is 5.91 Å². The van der Waals surface area contributed by atoms with Gasteiger partial charge >= 0.3 is 0 Å². The van der Waals surface area contributed by atoms with Crippen LogP contribution in [0.3, 0.4) is 0 Å². The second-order valence-corrected chi connectivity index (χ2v) is 6.90. The molecular formula is C18H28N2O. The highest BCUT2D eigenvalue weighted by atomic mass is 16.2. The van der Waals surface area contributed by atoms with E-state index in [1.807, 2.05) is 31.2 Å². The van der Waals surface area contributed by atoms with Crippen molar-refractivity contribution in [2.45, 2.75) is 46.7 Å². The van der Waals surface area contributed by atoms with Gasteiger partial charge in [-0.15, -0.1) is 0 Å². The maximum atomic E-state index is 12.9. The highest BCUT2D eigenvalue weighted by Gasteiger charge is 2.34. The van der Waals surface area contributed by atoms with Gasteiger partial charge in [-0.3, -0.25) is 4.79 Å². The van der Waals surface area contributed by atoms with Crippen molar-refractivity contribution in [2.75, 3.05) is 13.1 Å². The van der Waals surface area contributed by atoms with E-state index >= 15 is 0 Å². The molecule has 0 bridgehead atoms. The average Bonchev–Trinajstić information content (AvgIpc) is 2.45. The second kappa shape index (κ2) is 6.61. The van der Waals surface area contributed by atoms with E-state index in [1.54, 1.807) is 0 Å². The second-order valence-electron chi connectivity index (χ2n) is 6.90. The predicted octanol–water partition coefficient (Wildman–Crippen LogP) is 3.09. The topological polar surface area (TPSA) is 32.3 Å². The Morgan fingerprint density at radius 1 is 1.24 bits per heavy atom. The minimum absolute atomic E-state index is 0.171. The molecule has 3 nitrogen and oxygen atoms in total. The van der Waals surface area contributed by atoms with Crippen molar-refractivity contribution in [1.29, 1.82) is 0 Å². The summed E-state index contributed by atoms with van der Waals surface area (Å²) >= 11 is 0. The van der Waals surface area contributed by atoms with Gasteiger partial charge in [0.05, 0.1) is 0 Å². The number of hydrogen-bond acceptors (Lipinski definition) is 2. The zero-order chi connectivity index (χ0) is 15.6. The molecule has 21 heavy (non-hydrogen) atoms. The average molecular weight is 288 g/mol. The van der Waals surface area contributed by atoms with Gasteiger partial charge in [0, 0.05) is 30.7 Å². The molecule has 1 saturated heterocycles. The lowest BCUT2D eigenvalue weighted by Crippen LogP contribution is -2.61. The number of carbonyl (C=O) groups excluding carboxylic acids is 1. The summed E-state index contributed by atoms with van der Waals surface area (Å²) in [6.07, 6.45) is 0. The molecule has 2 rings (SSSR count). The molecule has 0 aromatic heterocycles. The molecule has 1 fully saturated rings. The van der Waals surface area contributed by atoms with Gasteiger partial charge in [-0.05, 0) is 30.9 Å². The van der Waals surface area contributed by atoms with Crippen molar-refractivity contribution in [2.24, 2.45) is 11.8 Å². The molecular weight excluding hydrogens is 260 g/mol. The van der Waals surface area contributed by atoms with Crippen LogP contribution in [0.5, 0.6) is 0 Å². The lowest BCUT2D eigenvalue weighted by atomic mass is 9.93. The molecule has 3 heteroatoms. The van der Waals surface area contributed by atoms with Crippen LogP contribution in [-0.2, 0) is 0 Å². The first kappa shape index (κ1) is 16.0. The zero-order valence-corrected chi connectivity index (χ0v) is 13.9. The number of rotatable bonds is 3. The fourth-order valence-electron chi connectivity index (χ4n) is 3.01. The van der Waals surface area contributed by atoms with Gasteiger partial charge in [0.15, 0.2) is 0 Å². The first-order valence-corrected chi connectivity index (χ1v) is 8.01. The van der Waals surface area contributed by atoms with Crippen LogP contribution in [0.2, 0.25) is 0 Å². The molecule has 1 aliphatic heterocycles. The van der Waals surface area contributed by atoms with Crippen molar-refractivity contribution in [3.8, 4) is 0 Å². The molecule has 2 atom stereocenters. The maximum absolute atomic E-state index is 12.9. The quantitative estimate of drug-likeness (QED) is 0.927. The van der Waals surface area contributed by atoms with E-state index in [4.69, 9.17) is 0 Å². The molecule has 0 spiro atoms. The van der Waals surface area contributed by atoms with Crippen molar-refractivity contribution in [1.82, 2.24) is 10.2 Å². The Morgan fingerprint density at radius 3 is 2.52 bits per heavy atom. The van der Waals surface area contributed by atoms with E-state index in [0.717, 1.165) is 24.2 Å². The fraction of sp³-hybridized carbons (Fsp3) is 0.611. The molecule has 116 valence electrons. The summed E-state index contributed by atoms with van der Waals surface area (Å²) in [4.78, 5) is 15.0. The van der Waals surface area contributed by atoms with Crippen LogP contribution >= 0.6 is 0 Å². The molecule has 1 amide bonds. The van der Waals surface area contributed by atoms with Crippen molar-refractivity contribution in [3.63, 3.8) is 0 Å². The van der Waals surface area contributed by atoms with E-state index in [0.29, 0.717) is 17.9 Å². The van der Waals surface area contributed by atoms with Crippen LogP contribution in [0.25, 0.3) is 0 Å². The number of benzene rings is 1. The summed E-state index contributed by atoms with van der Waals surface area (Å²) in [5, 5.41) is 3.60. The third-order valence-corrected chi connectivity index (χ3v) is 4.48. The van der Waals surface area contributed by atoms with Crippen molar-refractivity contribution < 1.29 is 4.79 Å². The predicted molar refractivity (Wildman–Crippen MR) is 87.5 cm³/mol. The van der Waals surface area contributed by atoms with E-state index < -0.39 is 0 Å². The normalized spacial score (nSPS) is 22.9. The first-order valence-electron chi connectivity index (χ1n) is 8.01. The molecule has 1 aromatic rings. The lowest BCUT2D eigenvalue weighted by molar-refractivity contribution is 0.0475. The van der Waals surface area contributed by atoms with Gasteiger partial charge in [-0.25, -0.2) is 0 Å². The molecule has 2 unspecified atom stereocenters. The Kier molecular flexibility index (Phi) is 5.04. The Hall–Kier alpha value is -1.35. The number of piperazine rings is 1. The van der Waals surface area contributed by atoms with Gasteiger partial charge in [-0.2, -0.15) is 0 Å². The Labute approximate surface area is 128 Å². The molecule has 1 N–H and O–H groups in total. The number of hydrogen-bond donors (Lipinski definition) is 1. The van der Waals surface area contributed by atoms with Crippen LogP contribution in [0, 0.1) is 18.8 Å². The number of nitrogens with zero attached hydrogens (tertiary/aromatic N) is 1. The minimum atomic E-state index is 0.171. The van der Waals surface area contributed by atoms with Crippen LogP contribution < -0.4 is 5.32 Å². The highest BCUT2D eigenvalue weighted by molar-refractivity contribution is 5.94. The van der Waals surface area contributed by atoms with Gasteiger partial charge in [0.2, 0.25) is 0 Å². The van der Waals surface area contributed by atoms with Crippen LogP contribution in [-0.4, -0.2) is 36.0 Å². The third kappa shape index (κ3) is 3.65. The van der Waals surface area contributed by atoms with Gasteiger partial charge < -0.3 is 10.2 Å². The molecule has 0 saturated carbocycles. The fourth-order valence-corrected chi connectivity index (χ4v) is 3.01. The molecule has 1 aliphatic rings. The van der Waals surface area contributed by atoms with E-state index in [-0.39, 0.29) is 11.9 Å². The Morgan fingerprint density at radius 2 is 1.95 bits per heavy atom. The minimum Gasteiger partial charge on any atom is -0.333 e. The van der Waals surface area contributed by atoms with E-state index in [2.05, 4.69) is 37.9 Å². The lowest BCUT2D eigenvalue weighted by Gasteiger charge is -2.43. The standard InChI is InChI=1S/C18H28N2O/c1-12(2)16-11-20(17(10-19-16)13(3)4)18(21)15-8-6-7-14(5)9-15/h6-9,12-13,16-17,19H,10-11H2,1-5H3. The molecule has 0 radical (unpaired) electrons.